The Balaban J connectivity index is 2.37. The molecule has 0 aliphatic heterocycles. The summed E-state index contributed by atoms with van der Waals surface area (Å²) in [6, 6.07) is 10.00. The first-order valence-electron chi connectivity index (χ1n) is 6.95. The molecule has 22 heavy (non-hydrogen) atoms. The highest BCUT2D eigenvalue weighted by molar-refractivity contribution is 6.30. The van der Waals surface area contributed by atoms with E-state index in [4.69, 9.17) is 26.8 Å². The molecule has 0 radical (unpaired) electrons. The van der Waals surface area contributed by atoms with E-state index in [1.807, 2.05) is 12.1 Å². The molecule has 2 aromatic rings. The van der Waals surface area contributed by atoms with E-state index < -0.39 is 0 Å². The molecule has 2 rings (SSSR count). The summed E-state index contributed by atoms with van der Waals surface area (Å²) < 4.78 is 24.2. The number of ether oxygens (including phenoxy) is 2. The molecule has 2 aromatic carbocycles. The maximum Gasteiger partial charge on any atom is 0.164 e. The maximum atomic E-state index is 13.4. The van der Waals surface area contributed by atoms with Crippen molar-refractivity contribution >= 4 is 11.6 Å². The van der Waals surface area contributed by atoms with Gasteiger partial charge in [0.2, 0.25) is 0 Å². The van der Waals surface area contributed by atoms with Gasteiger partial charge in [-0.05, 0) is 36.7 Å². The van der Waals surface area contributed by atoms with E-state index in [9.17, 15) is 4.39 Å². The van der Waals surface area contributed by atoms with Gasteiger partial charge in [-0.25, -0.2) is 4.39 Å². The topological polar surface area (TPSA) is 44.5 Å². The lowest BCUT2D eigenvalue weighted by Gasteiger charge is -2.19. The van der Waals surface area contributed by atoms with Gasteiger partial charge in [-0.15, -0.1) is 0 Å². The van der Waals surface area contributed by atoms with E-state index in [-0.39, 0.29) is 11.7 Å². The number of nitrogens with two attached hydrogens (primary N) is 1. The summed E-state index contributed by atoms with van der Waals surface area (Å²) in [6.07, 6.45) is 0.583. The first-order valence-corrected chi connectivity index (χ1v) is 7.32. The molecular formula is C17H19ClFNO2. The summed E-state index contributed by atoms with van der Waals surface area (Å²) in [6.45, 7) is 0.390. The lowest BCUT2D eigenvalue weighted by Crippen LogP contribution is -2.15. The lowest BCUT2D eigenvalue weighted by atomic mass is 9.91. The number of methoxy groups -OCH3 is 2. The molecule has 5 heteroatoms. The van der Waals surface area contributed by atoms with Crippen molar-refractivity contribution < 1.29 is 13.9 Å². The Morgan fingerprint density at radius 2 is 1.95 bits per heavy atom. The van der Waals surface area contributed by atoms with Crippen LogP contribution in [0.5, 0.6) is 11.5 Å². The number of halogens is 2. The second-order valence-electron chi connectivity index (χ2n) is 4.99. The van der Waals surface area contributed by atoms with Crippen molar-refractivity contribution in [3.05, 3.63) is 58.4 Å². The fourth-order valence-corrected chi connectivity index (χ4v) is 2.75. The number of hydrogen-bond donors (Lipinski definition) is 1. The van der Waals surface area contributed by atoms with Crippen molar-refractivity contribution in [3.63, 3.8) is 0 Å². The van der Waals surface area contributed by atoms with Gasteiger partial charge < -0.3 is 15.2 Å². The molecule has 0 saturated carbocycles. The predicted molar refractivity (Wildman–Crippen MR) is 86.5 cm³/mol. The van der Waals surface area contributed by atoms with Crippen molar-refractivity contribution in [2.45, 2.75) is 12.3 Å². The van der Waals surface area contributed by atoms with Crippen LogP contribution in [0.4, 0.5) is 4.39 Å². The van der Waals surface area contributed by atoms with Crippen LogP contribution in [0.2, 0.25) is 5.02 Å². The minimum atomic E-state index is -0.272. The van der Waals surface area contributed by atoms with Crippen molar-refractivity contribution in [2.75, 3.05) is 20.8 Å². The number of hydrogen-bond acceptors (Lipinski definition) is 3. The SMILES string of the molecule is COc1cc(Cl)cc(CC(CN)c2cccc(F)c2)c1OC. The van der Waals surface area contributed by atoms with Gasteiger partial charge in [-0.2, -0.15) is 0 Å². The zero-order valence-electron chi connectivity index (χ0n) is 12.6. The Labute approximate surface area is 134 Å². The molecule has 0 aromatic heterocycles. The summed E-state index contributed by atoms with van der Waals surface area (Å²) in [4.78, 5) is 0. The van der Waals surface area contributed by atoms with Gasteiger partial charge in [0, 0.05) is 22.6 Å². The molecule has 3 nitrogen and oxygen atoms in total. The van der Waals surface area contributed by atoms with Crippen molar-refractivity contribution in [3.8, 4) is 11.5 Å². The first-order chi connectivity index (χ1) is 10.6. The second kappa shape index (κ2) is 7.47. The monoisotopic (exact) mass is 323 g/mol. The van der Waals surface area contributed by atoms with Crippen LogP contribution in [0, 0.1) is 5.82 Å². The van der Waals surface area contributed by atoms with Crippen molar-refractivity contribution in [1.82, 2.24) is 0 Å². The summed E-state index contributed by atoms with van der Waals surface area (Å²) in [7, 11) is 3.14. The van der Waals surface area contributed by atoms with Crippen molar-refractivity contribution in [1.29, 1.82) is 0 Å². The highest BCUT2D eigenvalue weighted by Gasteiger charge is 2.18. The molecule has 0 bridgehead atoms. The zero-order valence-corrected chi connectivity index (χ0v) is 13.4. The third-order valence-electron chi connectivity index (χ3n) is 3.59. The quantitative estimate of drug-likeness (QED) is 0.880. The highest BCUT2D eigenvalue weighted by Crippen LogP contribution is 2.37. The lowest BCUT2D eigenvalue weighted by molar-refractivity contribution is 0.351. The van der Waals surface area contributed by atoms with Crippen LogP contribution in [0.3, 0.4) is 0 Å². The van der Waals surface area contributed by atoms with Gasteiger partial charge >= 0.3 is 0 Å². The molecule has 0 spiro atoms. The Kier molecular flexibility index (Phi) is 5.63. The molecular weight excluding hydrogens is 305 g/mol. The fourth-order valence-electron chi connectivity index (χ4n) is 2.52. The second-order valence-corrected chi connectivity index (χ2v) is 5.43. The third kappa shape index (κ3) is 3.70. The van der Waals surface area contributed by atoms with Crippen LogP contribution in [0.1, 0.15) is 17.0 Å². The van der Waals surface area contributed by atoms with Crippen LogP contribution < -0.4 is 15.2 Å². The first kappa shape index (κ1) is 16.6. The third-order valence-corrected chi connectivity index (χ3v) is 3.81. The smallest absolute Gasteiger partial charge is 0.164 e. The van der Waals surface area contributed by atoms with Gasteiger partial charge in [-0.1, -0.05) is 23.7 Å². The standard InChI is InChI=1S/C17H19ClFNO2/c1-21-16-9-14(18)7-12(17(16)22-2)6-13(10-20)11-4-3-5-15(19)8-11/h3-5,7-9,13H,6,10,20H2,1-2H3. The average Bonchev–Trinajstić information content (AvgIpc) is 2.51. The van der Waals surface area contributed by atoms with E-state index >= 15 is 0 Å². The van der Waals surface area contributed by atoms with Crippen LogP contribution in [-0.4, -0.2) is 20.8 Å². The molecule has 0 amide bonds. The summed E-state index contributed by atoms with van der Waals surface area (Å²) >= 11 is 6.13. The largest absolute Gasteiger partial charge is 0.493 e. The highest BCUT2D eigenvalue weighted by atomic mass is 35.5. The molecule has 118 valence electrons. The van der Waals surface area contributed by atoms with E-state index in [2.05, 4.69) is 0 Å². The van der Waals surface area contributed by atoms with E-state index in [0.717, 1.165) is 11.1 Å². The van der Waals surface area contributed by atoms with E-state index in [1.54, 1.807) is 26.4 Å². The van der Waals surface area contributed by atoms with Gasteiger partial charge in [0.25, 0.3) is 0 Å². The maximum absolute atomic E-state index is 13.4. The van der Waals surface area contributed by atoms with Gasteiger partial charge in [0.15, 0.2) is 11.5 Å². The molecule has 1 atom stereocenters. The summed E-state index contributed by atoms with van der Waals surface area (Å²) in [5, 5.41) is 0.558. The van der Waals surface area contributed by atoms with Crippen LogP contribution >= 0.6 is 11.6 Å². The molecule has 0 aliphatic rings. The predicted octanol–water partition coefficient (Wildman–Crippen LogP) is 3.78. The molecule has 2 N–H and O–H groups in total. The molecule has 0 heterocycles. The Hall–Kier alpha value is -1.78. The summed E-state index contributed by atoms with van der Waals surface area (Å²) in [5.74, 6) is 0.890. The van der Waals surface area contributed by atoms with Gasteiger partial charge in [0.05, 0.1) is 14.2 Å². The minimum Gasteiger partial charge on any atom is -0.493 e. The Bertz CT molecular complexity index is 649. The minimum absolute atomic E-state index is 0.0345. The molecule has 0 aliphatic carbocycles. The average molecular weight is 324 g/mol. The summed E-state index contributed by atoms with van der Waals surface area (Å²) in [5.41, 5.74) is 7.61. The zero-order chi connectivity index (χ0) is 16.1. The molecule has 1 unspecified atom stereocenters. The van der Waals surface area contributed by atoms with Gasteiger partial charge in [0.1, 0.15) is 5.82 Å². The Morgan fingerprint density at radius 1 is 1.18 bits per heavy atom. The fraction of sp³-hybridized carbons (Fsp3) is 0.294. The van der Waals surface area contributed by atoms with Gasteiger partial charge in [-0.3, -0.25) is 0 Å². The van der Waals surface area contributed by atoms with Crippen LogP contribution in [0.25, 0.3) is 0 Å². The van der Waals surface area contributed by atoms with Crippen LogP contribution in [-0.2, 0) is 6.42 Å². The van der Waals surface area contributed by atoms with E-state index in [1.165, 1.54) is 12.1 Å². The van der Waals surface area contributed by atoms with Crippen molar-refractivity contribution in [2.24, 2.45) is 5.73 Å². The normalized spacial score (nSPS) is 12.0. The van der Waals surface area contributed by atoms with E-state index in [0.29, 0.717) is 29.5 Å². The number of benzene rings is 2. The Morgan fingerprint density at radius 3 is 2.55 bits per heavy atom. The molecule has 0 fully saturated rings. The number of rotatable bonds is 6. The molecule has 0 saturated heterocycles. The van der Waals surface area contributed by atoms with Crippen LogP contribution in [0.15, 0.2) is 36.4 Å².